The molecule has 1 heterocycles. The van der Waals surface area contributed by atoms with Gasteiger partial charge in [0.2, 0.25) is 0 Å². The fourth-order valence-electron chi connectivity index (χ4n) is 3.57. The van der Waals surface area contributed by atoms with Gasteiger partial charge < -0.3 is 26.2 Å². The van der Waals surface area contributed by atoms with Crippen molar-refractivity contribution in [2.24, 2.45) is 0 Å². The van der Waals surface area contributed by atoms with Crippen molar-refractivity contribution in [3.8, 4) is 0 Å². The van der Waals surface area contributed by atoms with Crippen LogP contribution < -0.4 is 21.7 Å². The molecule has 0 radical (unpaired) electrons. The fraction of sp³-hybridized carbons (Fsp3) is 0.125. The number of aryl methyl sites for hydroxylation is 2. The lowest BCUT2D eigenvalue weighted by Gasteiger charge is -2.11. The van der Waals surface area contributed by atoms with Gasteiger partial charge >= 0.3 is 6.03 Å². The SMILES string of the molecule is Cc1cc(C)cc(NC(=O)NCc2cccc(NC(=O)c3cccc4onc(N)c34)c2)c1. The number of carbonyl (C=O) groups is 2. The standard InChI is InChI=1S/C24H23N5O3/c1-14-9-15(2)11-18(10-14)28-24(31)26-13-16-5-3-6-17(12-16)27-23(30)19-7-4-8-20-21(19)22(25)29-32-20/h3-12H,13H2,1-2H3,(H2,25,29)(H,27,30)(H2,26,28,31). The number of carbonyl (C=O) groups excluding carboxylic acids is 2. The van der Waals surface area contributed by atoms with Gasteiger partial charge in [0.25, 0.3) is 5.91 Å². The second-order valence-corrected chi connectivity index (χ2v) is 7.59. The van der Waals surface area contributed by atoms with E-state index in [1.165, 1.54) is 0 Å². The van der Waals surface area contributed by atoms with Crippen LogP contribution in [0.15, 0.2) is 65.2 Å². The highest BCUT2D eigenvalue weighted by molar-refractivity contribution is 6.14. The van der Waals surface area contributed by atoms with Crippen molar-refractivity contribution in [1.29, 1.82) is 0 Å². The third-order valence-corrected chi connectivity index (χ3v) is 4.89. The van der Waals surface area contributed by atoms with Crippen LogP contribution in [0.4, 0.5) is 22.0 Å². The molecule has 0 aliphatic rings. The van der Waals surface area contributed by atoms with E-state index in [1.54, 1.807) is 30.3 Å². The summed E-state index contributed by atoms with van der Waals surface area (Å²) in [5.41, 5.74) is 11.0. The zero-order valence-corrected chi connectivity index (χ0v) is 17.7. The van der Waals surface area contributed by atoms with E-state index in [9.17, 15) is 9.59 Å². The van der Waals surface area contributed by atoms with Gasteiger partial charge in [0.1, 0.15) is 0 Å². The molecule has 0 unspecified atom stereocenters. The number of hydrogen-bond acceptors (Lipinski definition) is 5. The van der Waals surface area contributed by atoms with Crippen molar-refractivity contribution < 1.29 is 14.1 Å². The highest BCUT2D eigenvalue weighted by atomic mass is 16.5. The van der Waals surface area contributed by atoms with E-state index in [0.29, 0.717) is 28.8 Å². The monoisotopic (exact) mass is 429 g/mol. The molecule has 8 heteroatoms. The van der Waals surface area contributed by atoms with Gasteiger partial charge in [-0.25, -0.2) is 4.79 Å². The van der Waals surface area contributed by atoms with Crippen LogP contribution in [0.25, 0.3) is 11.0 Å². The topological polar surface area (TPSA) is 122 Å². The molecule has 8 nitrogen and oxygen atoms in total. The normalized spacial score (nSPS) is 10.7. The summed E-state index contributed by atoms with van der Waals surface area (Å²) in [7, 11) is 0. The molecule has 0 saturated heterocycles. The zero-order valence-electron chi connectivity index (χ0n) is 17.7. The lowest BCUT2D eigenvalue weighted by Crippen LogP contribution is -2.28. The van der Waals surface area contributed by atoms with Gasteiger partial charge in [-0.3, -0.25) is 4.79 Å². The Kier molecular flexibility index (Phi) is 5.76. The minimum atomic E-state index is -0.330. The third kappa shape index (κ3) is 4.70. The van der Waals surface area contributed by atoms with Crippen LogP contribution in [0.5, 0.6) is 0 Å². The summed E-state index contributed by atoms with van der Waals surface area (Å²) in [5, 5.41) is 12.7. The minimum Gasteiger partial charge on any atom is -0.380 e. The van der Waals surface area contributed by atoms with Crippen LogP contribution in [-0.4, -0.2) is 17.1 Å². The second-order valence-electron chi connectivity index (χ2n) is 7.59. The van der Waals surface area contributed by atoms with Gasteiger partial charge in [0.15, 0.2) is 11.4 Å². The molecule has 1 aromatic heterocycles. The van der Waals surface area contributed by atoms with Crippen molar-refractivity contribution in [1.82, 2.24) is 10.5 Å². The Balaban J connectivity index is 1.40. The molecule has 5 N–H and O–H groups in total. The molecular formula is C24H23N5O3. The Hall–Kier alpha value is -4.33. The first kappa shape index (κ1) is 20.9. The molecule has 162 valence electrons. The number of nitrogens with zero attached hydrogens (tertiary/aromatic N) is 1. The van der Waals surface area contributed by atoms with E-state index in [-0.39, 0.29) is 17.8 Å². The molecule has 4 rings (SSSR count). The van der Waals surface area contributed by atoms with Crippen LogP contribution in [0.3, 0.4) is 0 Å². The molecule has 0 spiro atoms. The molecule has 32 heavy (non-hydrogen) atoms. The van der Waals surface area contributed by atoms with Crippen LogP contribution >= 0.6 is 0 Å². The van der Waals surface area contributed by atoms with E-state index < -0.39 is 0 Å². The maximum atomic E-state index is 12.8. The molecule has 0 aliphatic heterocycles. The molecule has 0 fully saturated rings. The Morgan fingerprint density at radius 1 is 0.938 bits per heavy atom. The number of hydrogen-bond donors (Lipinski definition) is 4. The molecule has 0 aliphatic carbocycles. The molecule has 3 aromatic carbocycles. The number of fused-ring (bicyclic) bond motifs is 1. The van der Waals surface area contributed by atoms with Crippen molar-refractivity contribution in [3.05, 3.63) is 82.9 Å². The summed E-state index contributed by atoms with van der Waals surface area (Å²) < 4.78 is 5.12. The van der Waals surface area contributed by atoms with E-state index in [0.717, 1.165) is 22.4 Å². The third-order valence-electron chi connectivity index (χ3n) is 4.89. The first-order valence-electron chi connectivity index (χ1n) is 10.1. The van der Waals surface area contributed by atoms with E-state index in [4.69, 9.17) is 10.3 Å². The maximum Gasteiger partial charge on any atom is 0.319 e. The molecular weight excluding hydrogens is 406 g/mol. The molecule has 0 bridgehead atoms. The van der Waals surface area contributed by atoms with Crippen molar-refractivity contribution in [3.63, 3.8) is 0 Å². The van der Waals surface area contributed by atoms with Crippen LogP contribution in [-0.2, 0) is 6.54 Å². The lowest BCUT2D eigenvalue weighted by molar-refractivity contribution is 0.102. The summed E-state index contributed by atoms with van der Waals surface area (Å²) in [6, 6.07) is 17.9. The summed E-state index contributed by atoms with van der Waals surface area (Å²) in [6.07, 6.45) is 0. The Bertz CT molecular complexity index is 1290. The van der Waals surface area contributed by atoms with Gasteiger partial charge in [-0.05, 0) is 66.9 Å². The minimum absolute atomic E-state index is 0.165. The van der Waals surface area contributed by atoms with Crippen LogP contribution in [0.1, 0.15) is 27.0 Å². The second kappa shape index (κ2) is 8.81. The van der Waals surface area contributed by atoms with Gasteiger partial charge in [0, 0.05) is 17.9 Å². The smallest absolute Gasteiger partial charge is 0.319 e. The average Bonchev–Trinajstić information content (AvgIpc) is 3.13. The summed E-state index contributed by atoms with van der Waals surface area (Å²) >= 11 is 0. The first-order chi connectivity index (χ1) is 15.4. The van der Waals surface area contributed by atoms with E-state index in [1.807, 2.05) is 44.2 Å². The molecule has 4 aromatic rings. The first-order valence-corrected chi connectivity index (χ1v) is 10.1. The van der Waals surface area contributed by atoms with E-state index in [2.05, 4.69) is 21.1 Å². The number of nitrogen functional groups attached to an aromatic ring is 1. The fourth-order valence-corrected chi connectivity index (χ4v) is 3.57. The number of amides is 3. The maximum absolute atomic E-state index is 12.8. The van der Waals surface area contributed by atoms with Crippen LogP contribution in [0.2, 0.25) is 0 Å². The largest absolute Gasteiger partial charge is 0.380 e. The number of nitrogens with two attached hydrogens (primary N) is 1. The predicted molar refractivity (Wildman–Crippen MR) is 125 cm³/mol. The van der Waals surface area contributed by atoms with Gasteiger partial charge in [-0.2, -0.15) is 0 Å². The number of aromatic nitrogens is 1. The Morgan fingerprint density at radius 2 is 1.69 bits per heavy atom. The van der Waals surface area contributed by atoms with Crippen LogP contribution in [0, 0.1) is 13.8 Å². The number of urea groups is 1. The summed E-state index contributed by atoms with van der Waals surface area (Å²) in [6.45, 7) is 4.26. The quantitative estimate of drug-likeness (QED) is 0.369. The summed E-state index contributed by atoms with van der Waals surface area (Å²) in [5.74, 6) is -0.165. The number of nitrogens with one attached hydrogen (secondary N) is 3. The van der Waals surface area contributed by atoms with Gasteiger partial charge in [0.05, 0.1) is 10.9 Å². The van der Waals surface area contributed by atoms with Gasteiger partial charge in [-0.1, -0.05) is 29.4 Å². The van der Waals surface area contributed by atoms with Crippen molar-refractivity contribution >= 4 is 40.1 Å². The Morgan fingerprint density at radius 3 is 2.47 bits per heavy atom. The lowest BCUT2D eigenvalue weighted by atomic mass is 10.1. The Labute approximate surface area is 184 Å². The van der Waals surface area contributed by atoms with E-state index >= 15 is 0 Å². The average molecular weight is 429 g/mol. The molecule has 0 atom stereocenters. The highest BCUT2D eigenvalue weighted by Gasteiger charge is 2.16. The zero-order chi connectivity index (χ0) is 22.7. The van der Waals surface area contributed by atoms with Gasteiger partial charge in [-0.15, -0.1) is 0 Å². The van der Waals surface area contributed by atoms with Crippen molar-refractivity contribution in [2.45, 2.75) is 20.4 Å². The number of anilines is 3. The summed E-state index contributed by atoms with van der Waals surface area (Å²) in [4.78, 5) is 25.1. The number of benzene rings is 3. The molecule has 3 amide bonds. The van der Waals surface area contributed by atoms with Crippen molar-refractivity contribution in [2.75, 3.05) is 16.4 Å². The predicted octanol–water partition coefficient (Wildman–Crippen LogP) is 4.60. The highest BCUT2D eigenvalue weighted by Crippen LogP contribution is 2.25. The number of rotatable bonds is 5. The molecule has 0 saturated carbocycles.